The number of Topliss-reactive ketones (excluding diaryl/α,β-unsaturated/α-hetero) is 1. The second-order valence-corrected chi connectivity index (χ2v) is 7.35. The van der Waals surface area contributed by atoms with E-state index in [-0.39, 0.29) is 11.6 Å². The number of halogens is 1. The lowest BCUT2D eigenvalue weighted by Gasteiger charge is -2.11. The molecule has 4 rings (SSSR count). The molecule has 0 atom stereocenters. The van der Waals surface area contributed by atoms with Crippen LogP contribution in [-0.4, -0.2) is 12.9 Å². The van der Waals surface area contributed by atoms with E-state index >= 15 is 0 Å². The SMILES string of the molecule is COc1cc(/C=C2\Sc3ccccc3C2=O)ccc1OCc1ccc(F)cc1. The predicted octanol–water partition coefficient (Wildman–Crippen LogP) is 5.74. The topological polar surface area (TPSA) is 35.5 Å². The van der Waals surface area contributed by atoms with Gasteiger partial charge >= 0.3 is 0 Å². The summed E-state index contributed by atoms with van der Waals surface area (Å²) in [5.74, 6) is 0.920. The van der Waals surface area contributed by atoms with E-state index in [9.17, 15) is 9.18 Å². The number of ether oxygens (including phenoxy) is 2. The van der Waals surface area contributed by atoms with E-state index in [4.69, 9.17) is 9.47 Å². The average Bonchev–Trinajstić information content (AvgIpc) is 3.04. The molecule has 0 radical (unpaired) electrons. The van der Waals surface area contributed by atoms with Gasteiger partial charge in [0.15, 0.2) is 11.5 Å². The Bertz CT molecular complexity index is 1060. The standard InChI is InChI=1S/C23H17FO3S/c1-26-20-12-16(13-22-23(25)18-4-2-3-5-21(18)28-22)8-11-19(20)27-14-15-6-9-17(24)10-7-15/h2-13H,14H2,1H3/b22-13-. The molecule has 1 aliphatic heterocycles. The zero-order chi connectivity index (χ0) is 19.5. The minimum Gasteiger partial charge on any atom is -0.493 e. The molecule has 5 heteroatoms. The Morgan fingerprint density at radius 2 is 1.79 bits per heavy atom. The maximum atomic E-state index is 13.0. The van der Waals surface area contributed by atoms with Crippen LogP contribution in [0.1, 0.15) is 21.5 Å². The third-order valence-electron chi connectivity index (χ3n) is 4.37. The van der Waals surface area contributed by atoms with Gasteiger partial charge in [-0.2, -0.15) is 0 Å². The molecule has 3 aromatic rings. The first kappa shape index (κ1) is 18.3. The number of hydrogen-bond acceptors (Lipinski definition) is 4. The summed E-state index contributed by atoms with van der Waals surface area (Å²) in [7, 11) is 1.57. The number of hydrogen-bond donors (Lipinski definition) is 0. The molecule has 0 spiro atoms. The Balaban J connectivity index is 1.52. The lowest BCUT2D eigenvalue weighted by Crippen LogP contribution is -1.98. The molecule has 0 N–H and O–H groups in total. The van der Waals surface area contributed by atoms with Crippen molar-refractivity contribution >= 4 is 23.6 Å². The lowest BCUT2D eigenvalue weighted by atomic mass is 10.1. The van der Waals surface area contributed by atoms with E-state index in [1.54, 1.807) is 19.2 Å². The van der Waals surface area contributed by atoms with Crippen LogP contribution in [0.15, 0.2) is 76.5 Å². The number of rotatable bonds is 5. The second-order valence-electron chi connectivity index (χ2n) is 6.26. The molecule has 0 aliphatic carbocycles. The Kier molecular flexibility index (Phi) is 5.17. The van der Waals surface area contributed by atoms with Crippen LogP contribution in [0.2, 0.25) is 0 Å². The van der Waals surface area contributed by atoms with Gasteiger partial charge in [-0.1, -0.05) is 42.1 Å². The van der Waals surface area contributed by atoms with Crippen LogP contribution in [0.4, 0.5) is 4.39 Å². The largest absolute Gasteiger partial charge is 0.493 e. The molecule has 0 fully saturated rings. The fourth-order valence-corrected chi connectivity index (χ4v) is 3.97. The summed E-state index contributed by atoms with van der Waals surface area (Å²) in [5.41, 5.74) is 2.46. The van der Waals surface area contributed by atoms with Gasteiger partial charge in [0, 0.05) is 10.5 Å². The van der Waals surface area contributed by atoms with Gasteiger partial charge in [-0.15, -0.1) is 0 Å². The van der Waals surface area contributed by atoms with Crippen molar-refractivity contribution in [2.75, 3.05) is 7.11 Å². The second kappa shape index (κ2) is 7.90. The third-order valence-corrected chi connectivity index (χ3v) is 5.47. The van der Waals surface area contributed by atoms with Crippen molar-refractivity contribution < 1.29 is 18.7 Å². The number of methoxy groups -OCH3 is 1. The van der Waals surface area contributed by atoms with Crippen LogP contribution < -0.4 is 9.47 Å². The molecule has 1 heterocycles. The van der Waals surface area contributed by atoms with Gasteiger partial charge < -0.3 is 9.47 Å². The molecule has 3 aromatic carbocycles. The van der Waals surface area contributed by atoms with Crippen LogP contribution in [0.25, 0.3) is 6.08 Å². The molecule has 140 valence electrons. The summed E-state index contributed by atoms with van der Waals surface area (Å²) < 4.78 is 24.3. The monoisotopic (exact) mass is 392 g/mol. The van der Waals surface area contributed by atoms with E-state index in [0.29, 0.717) is 23.0 Å². The summed E-state index contributed by atoms with van der Waals surface area (Å²) in [4.78, 5) is 14.2. The smallest absolute Gasteiger partial charge is 0.200 e. The first-order chi connectivity index (χ1) is 13.6. The molecule has 1 aliphatic rings. The third kappa shape index (κ3) is 3.80. The van der Waals surface area contributed by atoms with Gasteiger partial charge in [0.1, 0.15) is 12.4 Å². The molecule has 0 bridgehead atoms. The van der Waals surface area contributed by atoms with Crippen molar-refractivity contribution in [1.29, 1.82) is 0 Å². The highest BCUT2D eigenvalue weighted by molar-refractivity contribution is 8.04. The molecule has 0 saturated carbocycles. The summed E-state index contributed by atoms with van der Waals surface area (Å²) >= 11 is 1.47. The van der Waals surface area contributed by atoms with Crippen LogP contribution >= 0.6 is 11.8 Å². The molecule has 0 aromatic heterocycles. The Morgan fingerprint density at radius 1 is 1.00 bits per heavy atom. The molecule has 3 nitrogen and oxygen atoms in total. The highest BCUT2D eigenvalue weighted by Crippen LogP contribution is 2.41. The molecule has 0 amide bonds. The fraction of sp³-hybridized carbons (Fsp3) is 0.0870. The quantitative estimate of drug-likeness (QED) is 0.519. The number of carbonyl (C=O) groups excluding carboxylic acids is 1. The van der Waals surface area contributed by atoms with Gasteiger partial charge in [-0.3, -0.25) is 4.79 Å². The van der Waals surface area contributed by atoms with Crippen molar-refractivity contribution in [2.24, 2.45) is 0 Å². The van der Waals surface area contributed by atoms with Crippen LogP contribution in [0.5, 0.6) is 11.5 Å². The molecule has 0 saturated heterocycles. The normalized spacial score (nSPS) is 14.2. The van der Waals surface area contributed by atoms with Crippen molar-refractivity contribution in [2.45, 2.75) is 11.5 Å². The molecular weight excluding hydrogens is 375 g/mol. The molecule has 0 unspecified atom stereocenters. The minimum atomic E-state index is -0.278. The van der Waals surface area contributed by atoms with Crippen molar-refractivity contribution in [3.05, 3.63) is 94.1 Å². The van der Waals surface area contributed by atoms with Gasteiger partial charge in [0.2, 0.25) is 5.78 Å². The summed E-state index contributed by atoms with van der Waals surface area (Å²) in [6.45, 7) is 0.306. The van der Waals surface area contributed by atoms with E-state index < -0.39 is 0 Å². The van der Waals surface area contributed by atoms with E-state index in [1.807, 2.05) is 48.5 Å². The fourth-order valence-electron chi connectivity index (χ4n) is 2.92. The van der Waals surface area contributed by atoms with Gasteiger partial charge in [0.25, 0.3) is 0 Å². The zero-order valence-electron chi connectivity index (χ0n) is 15.1. The predicted molar refractivity (Wildman–Crippen MR) is 108 cm³/mol. The first-order valence-electron chi connectivity index (χ1n) is 8.72. The number of benzene rings is 3. The Morgan fingerprint density at radius 3 is 2.54 bits per heavy atom. The molecular formula is C23H17FO3S. The van der Waals surface area contributed by atoms with Crippen LogP contribution in [0.3, 0.4) is 0 Å². The molecule has 28 heavy (non-hydrogen) atoms. The average molecular weight is 392 g/mol. The van der Waals surface area contributed by atoms with Gasteiger partial charge in [0.05, 0.1) is 12.0 Å². The van der Waals surface area contributed by atoms with Crippen LogP contribution in [-0.2, 0) is 6.61 Å². The Labute approximate surface area is 166 Å². The van der Waals surface area contributed by atoms with E-state index in [1.165, 1.54) is 23.9 Å². The van der Waals surface area contributed by atoms with E-state index in [2.05, 4.69) is 0 Å². The summed E-state index contributed by atoms with van der Waals surface area (Å²) in [5, 5.41) is 0. The first-order valence-corrected chi connectivity index (χ1v) is 9.54. The zero-order valence-corrected chi connectivity index (χ0v) is 16.0. The van der Waals surface area contributed by atoms with Gasteiger partial charge in [-0.25, -0.2) is 4.39 Å². The minimum absolute atomic E-state index is 0.0382. The summed E-state index contributed by atoms with van der Waals surface area (Å²) in [6.07, 6.45) is 1.86. The van der Waals surface area contributed by atoms with Crippen molar-refractivity contribution in [3.63, 3.8) is 0 Å². The van der Waals surface area contributed by atoms with E-state index in [0.717, 1.165) is 21.6 Å². The van der Waals surface area contributed by atoms with Crippen LogP contribution in [0, 0.1) is 5.82 Å². The number of fused-ring (bicyclic) bond motifs is 1. The van der Waals surface area contributed by atoms with Gasteiger partial charge in [-0.05, 0) is 53.6 Å². The number of carbonyl (C=O) groups is 1. The maximum Gasteiger partial charge on any atom is 0.200 e. The maximum absolute atomic E-state index is 13.0. The number of thioether (sulfide) groups is 1. The van der Waals surface area contributed by atoms with Crippen molar-refractivity contribution in [1.82, 2.24) is 0 Å². The highest BCUT2D eigenvalue weighted by Gasteiger charge is 2.25. The van der Waals surface area contributed by atoms with Crippen molar-refractivity contribution in [3.8, 4) is 11.5 Å². The Hall–Kier alpha value is -3.05. The number of ketones is 1. The lowest BCUT2D eigenvalue weighted by molar-refractivity contribution is 0.104. The number of allylic oxidation sites excluding steroid dienone is 1. The highest BCUT2D eigenvalue weighted by atomic mass is 32.2. The summed E-state index contributed by atoms with van der Waals surface area (Å²) in [6, 6.07) is 19.3.